The third-order valence-electron chi connectivity index (χ3n) is 22.4. The summed E-state index contributed by atoms with van der Waals surface area (Å²) >= 11 is 0. The Bertz CT molecular complexity index is 4250. The van der Waals surface area contributed by atoms with Crippen molar-refractivity contribution in [2.24, 2.45) is 47.3 Å². The van der Waals surface area contributed by atoms with Crippen molar-refractivity contribution in [3.8, 4) is 11.1 Å². The molecule has 3 heteroatoms. The number of furan rings is 1. The van der Waals surface area contributed by atoms with Gasteiger partial charge in [0.15, 0.2) is 0 Å². The Morgan fingerprint density at radius 2 is 1.06 bits per heavy atom. The van der Waals surface area contributed by atoms with Crippen molar-refractivity contribution in [3.05, 3.63) is 204 Å². The fourth-order valence-corrected chi connectivity index (χ4v) is 19.9. The SMILES string of the molecule is Cc1ccccc1N(c1ccc2c(c1)C1(c3ccccc3-2)C2CC3CC(C2)CC1C3)c1ccc2cc(C(C)C)c3c(N(c4ccccc4)c4ccc5c(c4)oc4ccccc45)c(C4C5CC6CC(C5)CC4C6)cc4ccc1c2c43. The van der Waals surface area contributed by atoms with Gasteiger partial charge in [-0.25, -0.2) is 0 Å². The molecule has 0 N–H and O–H groups in total. The first-order valence-electron chi connectivity index (χ1n) is 30.5. The zero-order valence-electron chi connectivity index (χ0n) is 45.9. The van der Waals surface area contributed by atoms with E-state index in [9.17, 15) is 0 Å². The van der Waals surface area contributed by atoms with Gasteiger partial charge in [-0.1, -0.05) is 123 Å². The second-order valence-electron chi connectivity index (χ2n) is 26.7. The molecule has 8 bridgehead atoms. The van der Waals surface area contributed by atoms with E-state index in [2.05, 4.69) is 206 Å². The average Bonchev–Trinajstić information content (AvgIpc) is 3.09. The van der Waals surface area contributed by atoms with E-state index in [1.54, 1.807) is 16.7 Å². The third-order valence-corrected chi connectivity index (χ3v) is 22.4. The molecule has 0 atom stereocenters. The van der Waals surface area contributed by atoms with Crippen LogP contribution in [0.4, 0.5) is 34.1 Å². The highest BCUT2D eigenvalue weighted by atomic mass is 16.3. The Morgan fingerprint density at radius 1 is 0.443 bits per heavy atom. The molecule has 20 rings (SSSR count). The van der Waals surface area contributed by atoms with Crippen LogP contribution in [0.1, 0.15) is 118 Å². The van der Waals surface area contributed by atoms with E-state index in [0.717, 1.165) is 40.5 Å². The largest absolute Gasteiger partial charge is 0.456 e. The summed E-state index contributed by atoms with van der Waals surface area (Å²) in [4.78, 5) is 5.34. The highest BCUT2D eigenvalue weighted by Gasteiger charge is 2.61. The minimum atomic E-state index is 0.0770. The highest BCUT2D eigenvalue weighted by Crippen LogP contribution is 2.70. The number of para-hydroxylation sites is 3. The summed E-state index contributed by atoms with van der Waals surface area (Å²) < 4.78 is 6.76. The summed E-state index contributed by atoms with van der Waals surface area (Å²) in [6.07, 6.45) is 13.9. The van der Waals surface area contributed by atoms with Gasteiger partial charge in [0.2, 0.25) is 0 Å². The average molecular weight is 1030 g/mol. The summed E-state index contributed by atoms with van der Waals surface area (Å²) in [7, 11) is 0. The number of aryl methyl sites for hydroxylation is 1. The smallest absolute Gasteiger partial charge is 0.137 e. The molecule has 3 nitrogen and oxygen atoms in total. The van der Waals surface area contributed by atoms with Crippen molar-refractivity contribution in [2.45, 2.75) is 102 Å². The van der Waals surface area contributed by atoms with E-state index in [1.807, 2.05) is 0 Å². The maximum Gasteiger partial charge on any atom is 0.137 e. The van der Waals surface area contributed by atoms with Crippen molar-refractivity contribution < 1.29 is 4.42 Å². The monoisotopic (exact) mass is 1020 g/mol. The molecule has 79 heavy (non-hydrogen) atoms. The van der Waals surface area contributed by atoms with Gasteiger partial charge < -0.3 is 14.2 Å². The Balaban J connectivity index is 0.910. The lowest BCUT2D eigenvalue weighted by Crippen LogP contribution is -2.55. The molecule has 1 spiro atoms. The summed E-state index contributed by atoms with van der Waals surface area (Å²) in [6, 6.07) is 68.7. The number of nitrogens with zero attached hydrogens (tertiary/aromatic N) is 2. The third kappa shape index (κ3) is 6.31. The summed E-state index contributed by atoms with van der Waals surface area (Å²) in [5.41, 5.74) is 19.9. The van der Waals surface area contributed by atoms with E-state index in [1.165, 1.54) is 158 Å². The van der Waals surface area contributed by atoms with E-state index in [0.29, 0.717) is 29.6 Å². The fourth-order valence-electron chi connectivity index (χ4n) is 19.9. The fraction of sp³-hybridized carbons (Fsp3) is 0.316. The zero-order valence-corrected chi connectivity index (χ0v) is 45.9. The van der Waals surface area contributed by atoms with Crippen molar-refractivity contribution in [1.29, 1.82) is 0 Å². The molecule has 9 aliphatic rings. The van der Waals surface area contributed by atoms with Gasteiger partial charge in [-0.3, -0.25) is 0 Å². The molecule has 10 aromatic carbocycles. The standard InChI is InChI=1S/C76H68N2O/c1-43(2)63-39-49-22-28-68(78(67-19-11-7-13-44(67)3)56-23-26-59-58-16-8-10-18-65(58)76(66(59)41-56)53-35-47-30-48(37-53)38-54(76)36-47)62-25-21-50-40-64(71-51-31-45-29-46(33-51)34-52(71)32-45)75(74(63)73(50)72(49)62)77(55-14-5-4-6-15-55)57-24-27-61-60-17-9-12-20-69(60)79-70(61)42-57/h4-28,39-43,45-48,51-54,71H,29-38H2,1-3H3. The zero-order chi connectivity index (χ0) is 52.0. The summed E-state index contributed by atoms with van der Waals surface area (Å²) in [6.45, 7) is 7.19. The van der Waals surface area contributed by atoms with E-state index in [-0.39, 0.29) is 11.3 Å². The topological polar surface area (TPSA) is 19.6 Å². The number of hydrogen-bond acceptors (Lipinski definition) is 3. The first-order valence-corrected chi connectivity index (χ1v) is 30.5. The molecule has 1 aromatic heterocycles. The van der Waals surface area contributed by atoms with Gasteiger partial charge in [-0.2, -0.15) is 0 Å². The quantitative estimate of drug-likeness (QED) is 0.141. The molecule has 0 saturated heterocycles. The highest BCUT2D eigenvalue weighted by molar-refractivity contribution is 6.29. The molecule has 1 heterocycles. The van der Waals surface area contributed by atoms with Gasteiger partial charge in [0.25, 0.3) is 0 Å². The Labute approximate surface area is 464 Å². The number of benzene rings is 10. The number of fused-ring (bicyclic) bond motifs is 6. The Morgan fingerprint density at radius 3 is 1.84 bits per heavy atom. The van der Waals surface area contributed by atoms with Gasteiger partial charge in [0.05, 0.1) is 11.4 Å². The van der Waals surface area contributed by atoms with Crippen LogP contribution < -0.4 is 9.80 Å². The predicted octanol–water partition coefficient (Wildman–Crippen LogP) is 21.1. The van der Waals surface area contributed by atoms with E-state index >= 15 is 0 Å². The predicted molar refractivity (Wildman–Crippen MR) is 329 cm³/mol. The lowest BCUT2D eigenvalue weighted by atomic mass is 9.43. The van der Waals surface area contributed by atoms with E-state index < -0.39 is 0 Å². The molecule has 388 valence electrons. The van der Waals surface area contributed by atoms with Gasteiger partial charge in [-0.05, 0) is 251 Å². The van der Waals surface area contributed by atoms with Crippen LogP contribution in [-0.4, -0.2) is 0 Å². The summed E-state index contributed by atoms with van der Waals surface area (Å²) in [5, 5.41) is 10.5. The normalized spacial score (nSPS) is 27.0. The van der Waals surface area contributed by atoms with Crippen molar-refractivity contribution in [3.63, 3.8) is 0 Å². The van der Waals surface area contributed by atoms with Gasteiger partial charge in [-0.15, -0.1) is 0 Å². The van der Waals surface area contributed by atoms with Crippen LogP contribution in [0.5, 0.6) is 0 Å². The second-order valence-corrected chi connectivity index (χ2v) is 26.7. The molecule has 0 amide bonds. The van der Waals surface area contributed by atoms with Crippen LogP contribution in [0.3, 0.4) is 0 Å². The maximum atomic E-state index is 6.76. The minimum Gasteiger partial charge on any atom is -0.456 e. The van der Waals surface area contributed by atoms with Crippen molar-refractivity contribution in [1.82, 2.24) is 0 Å². The van der Waals surface area contributed by atoms with Gasteiger partial charge >= 0.3 is 0 Å². The first kappa shape index (κ1) is 45.5. The molecule has 9 aliphatic carbocycles. The Hall–Kier alpha value is -7.36. The van der Waals surface area contributed by atoms with Crippen LogP contribution in [-0.2, 0) is 5.41 Å². The van der Waals surface area contributed by atoms with Crippen LogP contribution in [0.2, 0.25) is 0 Å². The molecule has 0 unspecified atom stereocenters. The first-order chi connectivity index (χ1) is 38.8. The minimum absolute atomic E-state index is 0.0770. The molecular weight excluding hydrogens is 957 g/mol. The van der Waals surface area contributed by atoms with Crippen LogP contribution in [0.25, 0.3) is 65.4 Å². The molecule has 11 aromatic rings. The lowest BCUT2D eigenvalue weighted by Gasteiger charge is -2.61. The second kappa shape index (κ2) is 16.6. The van der Waals surface area contributed by atoms with Crippen molar-refractivity contribution in [2.75, 3.05) is 9.80 Å². The molecule has 8 saturated carbocycles. The van der Waals surface area contributed by atoms with Crippen LogP contribution >= 0.6 is 0 Å². The lowest BCUT2D eigenvalue weighted by molar-refractivity contribution is -0.0399. The molecule has 0 aliphatic heterocycles. The van der Waals surface area contributed by atoms with Crippen LogP contribution in [0, 0.1) is 54.3 Å². The summed E-state index contributed by atoms with van der Waals surface area (Å²) in [5.74, 6) is 7.15. The molecular formula is C76H68N2O. The van der Waals surface area contributed by atoms with Gasteiger partial charge in [0.1, 0.15) is 11.2 Å². The number of hydrogen-bond donors (Lipinski definition) is 0. The van der Waals surface area contributed by atoms with E-state index in [4.69, 9.17) is 4.42 Å². The molecule has 0 radical (unpaired) electrons. The maximum absolute atomic E-state index is 6.76. The number of anilines is 6. The van der Waals surface area contributed by atoms with Crippen LogP contribution in [0.15, 0.2) is 180 Å². The van der Waals surface area contributed by atoms with Gasteiger partial charge in [0, 0.05) is 55.8 Å². The molecule has 8 fully saturated rings. The number of rotatable bonds is 8. The Kier molecular flexibility index (Phi) is 9.56. The van der Waals surface area contributed by atoms with Crippen molar-refractivity contribution >= 4 is 88.4 Å².